The van der Waals surface area contributed by atoms with E-state index in [-0.39, 0.29) is 18.1 Å². The lowest BCUT2D eigenvalue weighted by Crippen LogP contribution is -2.45. The summed E-state index contributed by atoms with van der Waals surface area (Å²) in [5.41, 5.74) is 3.99. The molecule has 24 heavy (non-hydrogen) atoms. The third-order valence-electron chi connectivity index (χ3n) is 4.42. The molecule has 1 heterocycles. The van der Waals surface area contributed by atoms with Crippen LogP contribution in [0.3, 0.4) is 0 Å². The smallest absolute Gasteiger partial charge is 0.323 e. The summed E-state index contributed by atoms with van der Waals surface area (Å²) in [6, 6.07) is 15.1. The minimum atomic E-state index is -0.937. The number of rotatable bonds is 4. The number of carbonyl (C=O) groups excluding carboxylic acids is 1. The molecule has 0 aromatic heterocycles. The Morgan fingerprint density at radius 3 is 2.54 bits per heavy atom. The van der Waals surface area contributed by atoms with Crippen molar-refractivity contribution in [3.8, 4) is 0 Å². The van der Waals surface area contributed by atoms with E-state index < -0.39 is 6.29 Å². The lowest BCUT2D eigenvalue weighted by atomic mass is 9.86. The van der Waals surface area contributed by atoms with Crippen molar-refractivity contribution >= 4 is 5.97 Å². The van der Waals surface area contributed by atoms with Crippen LogP contribution in [0.5, 0.6) is 0 Å². The average molecular weight is 327 g/mol. The predicted octanol–water partition coefficient (Wildman–Crippen LogP) is 2.10. The maximum Gasteiger partial charge on any atom is 0.323 e. The molecule has 0 amide bonds. The van der Waals surface area contributed by atoms with Crippen molar-refractivity contribution in [3.05, 3.63) is 70.8 Å². The number of aliphatic hydroxyl groups is 1. The number of ether oxygens (including phenoxy) is 2. The molecule has 2 aromatic rings. The van der Waals surface area contributed by atoms with Gasteiger partial charge < -0.3 is 14.6 Å². The highest BCUT2D eigenvalue weighted by atomic mass is 16.6. The number of esters is 1. The third kappa shape index (κ3) is 3.19. The van der Waals surface area contributed by atoms with Crippen LogP contribution in [0.15, 0.2) is 48.5 Å². The van der Waals surface area contributed by atoms with E-state index in [1.807, 2.05) is 42.5 Å². The third-order valence-corrected chi connectivity index (χ3v) is 4.42. The van der Waals surface area contributed by atoms with E-state index in [0.717, 1.165) is 16.7 Å². The number of nitrogens with one attached hydrogen (secondary N) is 1. The van der Waals surface area contributed by atoms with Gasteiger partial charge in [0.25, 0.3) is 0 Å². The number of hydrogen-bond acceptors (Lipinski definition) is 5. The fraction of sp³-hybridized carbons (Fsp3) is 0.316. The second-order valence-corrected chi connectivity index (χ2v) is 5.83. The lowest BCUT2D eigenvalue weighted by molar-refractivity contribution is -0.143. The first kappa shape index (κ1) is 16.6. The van der Waals surface area contributed by atoms with Gasteiger partial charge in [-0.1, -0.05) is 48.5 Å². The van der Waals surface area contributed by atoms with E-state index >= 15 is 0 Å². The first-order chi connectivity index (χ1) is 11.6. The summed E-state index contributed by atoms with van der Waals surface area (Å²) >= 11 is 0. The van der Waals surface area contributed by atoms with Gasteiger partial charge >= 0.3 is 5.97 Å². The number of fused-ring (bicyclic) bond motifs is 1. The maximum atomic E-state index is 12.0. The zero-order valence-electron chi connectivity index (χ0n) is 13.7. The molecule has 2 N–H and O–H groups in total. The Labute approximate surface area is 141 Å². The van der Waals surface area contributed by atoms with Gasteiger partial charge in [0.1, 0.15) is 6.04 Å². The molecule has 0 bridgehead atoms. The van der Waals surface area contributed by atoms with Crippen LogP contribution in [-0.4, -0.2) is 31.3 Å². The highest BCUT2D eigenvalue weighted by Gasteiger charge is 2.31. The van der Waals surface area contributed by atoms with Gasteiger partial charge in [0.05, 0.1) is 13.2 Å². The summed E-state index contributed by atoms with van der Waals surface area (Å²) < 4.78 is 9.82. The first-order valence-electron chi connectivity index (χ1n) is 7.86. The van der Waals surface area contributed by atoms with Crippen LogP contribution >= 0.6 is 0 Å². The molecule has 5 nitrogen and oxygen atoms in total. The second-order valence-electron chi connectivity index (χ2n) is 5.83. The van der Waals surface area contributed by atoms with Crippen molar-refractivity contribution in [3.63, 3.8) is 0 Å². The van der Waals surface area contributed by atoms with Crippen LogP contribution in [0.25, 0.3) is 0 Å². The minimum Gasteiger partial charge on any atom is -0.468 e. The molecule has 2 unspecified atom stereocenters. The Kier molecular flexibility index (Phi) is 4.94. The Balaban J connectivity index is 1.94. The van der Waals surface area contributed by atoms with Crippen LogP contribution in [0, 0.1) is 0 Å². The summed E-state index contributed by atoms with van der Waals surface area (Å²) in [7, 11) is 2.86. The molecule has 1 aliphatic heterocycles. The molecule has 0 aliphatic carbocycles. The van der Waals surface area contributed by atoms with E-state index in [0.29, 0.717) is 12.0 Å². The fourth-order valence-electron chi connectivity index (χ4n) is 3.13. The van der Waals surface area contributed by atoms with Crippen molar-refractivity contribution in [2.75, 3.05) is 14.2 Å². The molecular weight excluding hydrogens is 306 g/mol. The van der Waals surface area contributed by atoms with Crippen LogP contribution in [0.1, 0.15) is 34.6 Å². The van der Waals surface area contributed by atoms with Gasteiger partial charge in [-0.25, -0.2) is 0 Å². The van der Waals surface area contributed by atoms with Crippen LogP contribution in [0.2, 0.25) is 0 Å². The van der Waals surface area contributed by atoms with Crippen molar-refractivity contribution in [1.29, 1.82) is 0 Å². The average Bonchev–Trinajstić information content (AvgIpc) is 2.66. The molecule has 2 aromatic carbocycles. The van der Waals surface area contributed by atoms with Crippen LogP contribution in [0.4, 0.5) is 0 Å². The molecule has 5 heteroatoms. The van der Waals surface area contributed by atoms with E-state index in [1.54, 1.807) is 0 Å². The Morgan fingerprint density at radius 2 is 1.88 bits per heavy atom. The van der Waals surface area contributed by atoms with Gasteiger partial charge in [-0.2, -0.15) is 0 Å². The lowest BCUT2D eigenvalue weighted by Gasteiger charge is -2.32. The van der Waals surface area contributed by atoms with Gasteiger partial charge in [0, 0.05) is 12.7 Å². The first-order valence-corrected chi connectivity index (χ1v) is 7.86. The van der Waals surface area contributed by atoms with Crippen molar-refractivity contribution in [2.24, 2.45) is 0 Å². The quantitative estimate of drug-likeness (QED) is 0.665. The van der Waals surface area contributed by atoms with Crippen molar-refractivity contribution in [1.82, 2.24) is 5.32 Å². The molecule has 3 atom stereocenters. The molecule has 0 saturated heterocycles. The van der Waals surface area contributed by atoms with Crippen molar-refractivity contribution < 1.29 is 19.4 Å². The normalized spacial score (nSPS) is 21.0. The molecule has 0 radical (unpaired) electrons. The summed E-state index contributed by atoms with van der Waals surface area (Å²) in [5.74, 6) is -0.263. The molecular formula is C19H21NO4. The van der Waals surface area contributed by atoms with Gasteiger partial charge in [-0.3, -0.25) is 10.1 Å². The second kappa shape index (κ2) is 7.13. The topological polar surface area (TPSA) is 67.8 Å². The van der Waals surface area contributed by atoms with E-state index in [1.165, 1.54) is 14.2 Å². The molecule has 0 fully saturated rings. The van der Waals surface area contributed by atoms with Gasteiger partial charge in [-0.05, 0) is 23.1 Å². The van der Waals surface area contributed by atoms with E-state index in [9.17, 15) is 9.90 Å². The van der Waals surface area contributed by atoms with Crippen LogP contribution in [-0.2, 0) is 20.7 Å². The standard InChI is InChI=1S/C19H21NO4/c1-23-18(21)13-9-7-12(8-10-13)17-15-6-4-3-5-14(15)11-16(20-17)19(22)24-2/h3-10,16-18,20-21H,11H2,1-2H3/t16-,17?,18?/m1/s1. The van der Waals surface area contributed by atoms with Gasteiger partial charge in [0.2, 0.25) is 0 Å². The van der Waals surface area contributed by atoms with E-state index in [2.05, 4.69) is 11.4 Å². The highest BCUT2D eigenvalue weighted by molar-refractivity contribution is 5.77. The largest absolute Gasteiger partial charge is 0.468 e. The van der Waals surface area contributed by atoms with Gasteiger partial charge in [0.15, 0.2) is 6.29 Å². The monoisotopic (exact) mass is 327 g/mol. The maximum absolute atomic E-state index is 12.0. The highest BCUT2D eigenvalue weighted by Crippen LogP contribution is 2.31. The Bertz CT molecular complexity index is 714. The fourth-order valence-corrected chi connectivity index (χ4v) is 3.13. The van der Waals surface area contributed by atoms with Crippen molar-refractivity contribution in [2.45, 2.75) is 24.8 Å². The summed E-state index contributed by atoms with van der Waals surface area (Å²) in [4.78, 5) is 12.0. The number of carbonyl (C=O) groups is 1. The van der Waals surface area contributed by atoms with Gasteiger partial charge in [-0.15, -0.1) is 0 Å². The summed E-state index contributed by atoms with van der Waals surface area (Å²) in [5, 5.41) is 13.1. The summed E-state index contributed by atoms with van der Waals surface area (Å²) in [6.45, 7) is 0. The molecule has 3 rings (SSSR count). The van der Waals surface area contributed by atoms with E-state index in [4.69, 9.17) is 9.47 Å². The molecule has 0 saturated carbocycles. The zero-order valence-corrected chi connectivity index (χ0v) is 13.7. The minimum absolute atomic E-state index is 0.104. The SMILES string of the molecule is COC(=O)[C@H]1Cc2ccccc2C(c2ccc(C(O)OC)cc2)N1. The number of aliphatic hydroxyl groups excluding tert-OH is 1. The molecule has 126 valence electrons. The predicted molar refractivity (Wildman–Crippen MR) is 89.3 cm³/mol. The Morgan fingerprint density at radius 1 is 1.17 bits per heavy atom. The Hall–Kier alpha value is -2.21. The zero-order chi connectivity index (χ0) is 17.1. The number of methoxy groups -OCH3 is 2. The van der Waals surface area contributed by atoms with Crippen LogP contribution < -0.4 is 5.32 Å². The number of benzene rings is 2. The molecule has 0 spiro atoms. The summed E-state index contributed by atoms with van der Waals surface area (Å²) in [6.07, 6.45) is -0.326. The molecule has 1 aliphatic rings. The number of hydrogen-bond donors (Lipinski definition) is 2.